The van der Waals surface area contributed by atoms with Crippen LogP contribution in [0.15, 0.2) is 53.4 Å². The quantitative estimate of drug-likeness (QED) is 0.765. The van der Waals surface area contributed by atoms with E-state index in [-0.39, 0.29) is 11.4 Å². The van der Waals surface area contributed by atoms with Crippen molar-refractivity contribution < 1.29 is 8.42 Å². The fourth-order valence-corrected chi connectivity index (χ4v) is 3.55. The van der Waals surface area contributed by atoms with Crippen molar-refractivity contribution in [1.82, 2.24) is 9.71 Å². The van der Waals surface area contributed by atoms with E-state index in [9.17, 15) is 8.42 Å². The number of benzene rings is 2. The van der Waals surface area contributed by atoms with E-state index in [1.165, 1.54) is 12.1 Å². The molecular weight excluding hydrogens is 320 g/mol. The first-order valence-corrected chi connectivity index (χ1v) is 8.65. The number of aromatic amines is 1. The highest BCUT2D eigenvalue weighted by atomic mass is 35.5. The highest BCUT2D eigenvalue weighted by Crippen LogP contribution is 2.22. The zero-order valence-electron chi connectivity index (χ0n) is 11.9. The summed E-state index contributed by atoms with van der Waals surface area (Å²) >= 11 is 5.79. The number of para-hydroxylation sites is 1. The fraction of sp³-hybridized carbons (Fsp3) is 0.125. The van der Waals surface area contributed by atoms with Crippen LogP contribution in [0.2, 0.25) is 5.02 Å². The number of nitrogens with one attached hydrogen (secondary N) is 2. The summed E-state index contributed by atoms with van der Waals surface area (Å²) in [6.45, 7) is 2.17. The molecule has 0 atom stereocenters. The Morgan fingerprint density at radius 2 is 1.77 bits per heavy atom. The standard InChI is InChI=1S/C16H15ClN2O2S/c1-11-15(14-4-2-3-5-16(14)19-11)10-18-22(20,21)13-8-6-12(17)7-9-13/h2-9,18-19H,10H2,1H3. The first-order valence-electron chi connectivity index (χ1n) is 6.79. The minimum absolute atomic E-state index is 0.203. The molecule has 3 aromatic rings. The van der Waals surface area contributed by atoms with Crippen molar-refractivity contribution in [3.8, 4) is 0 Å². The molecule has 1 aromatic heterocycles. The molecule has 0 unspecified atom stereocenters. The van der Waals surface area contributed by atoms with E-state index < -0.39 is 10.0 Å². The van der Waals surface area contributed by atoms with Gasteiger partial charge in [0.1, 0.15) is 0 Å². The van der Waals surface area contributed by atoms with Crippen LogP contribution in [0.3, 0.4) is 0 Å². The molecular formula is C16H15ClN2O2S. The largest absolute Gasteiger partial charge is 0.358 e. The topological polar surface area (TPSA) is 62.0 Å². The summed E-state index contributed by atoms with van der Waals surface area (Å²) in [6, 6.07) is 13.9. The summed E-state index contributed by atoms with van der Waals surface area (Å²) in [6.07, 6.45) is 0. The molecule has 1 heterocycles. The number of hydrogen-bond donors (Lipinski definition) is 2. The van der Waals surface area contributed by atoms with E-state index in [2.05, 4.69) is 9.71 Å². The second-order valence-corrected chi connectivity index (χ2v) is 7.26. The highest BCUT2D eigenvalue weighted by molar-refractivity contribution is 7.89. The molecule has 0 spiro atoms. The van der Waals surface area contributed by atoms with E-state index in [0.29, 0.717) is 5.02 Å². The first kappa shape index (κ1) is 15.1. The molecule has 114 valence electrons. The third kappa shape index (κ3) is 2.88. The Hall–Kier alpha value is -1.82. The summed E-state index contributed by atoms with van der Waals surface area (Å²) in [4.78, 5) is 3.46. The van der Waals surface area contributed by atoms with Crippen molar-refractivity contribution in [2.75, 3.05) is 0 Å². The third-order valence-corrected chi connectivity index (χ3v) is 5.26. The molecule has 0 aliphatic carbocycles. The van der Waals surface area contributed by atoms with Gasteiger partial charge in [-0.05, 0) is 42.8 Å². The van der Waals surface area contributed by atoms with Crippen LogP contribution in [-0.2, 0) is 16.6 Å². The Morgan fingerprint density at radius 1 is 1.09 bits per heavy atom. The number of rotatable bonds is 4. The van der Waals surface area contributed by atoms with Gasteiger partial charge in [-0.1, -0.05) is 29.8 Å². The molecule has 22 heavy (non-hydrogen) atoms. The molecule has 0 saturated heterocycles. The van der Waals surface area contributed by atoms with Crippen LogP contribution in [-0.4, -0.2) is 13.4 Å². The predicted octanol–water partition coefficient (Wildman–Crippen LogP) is 3.61. The molecule has 0 aliphatic rings. The third-order valence-electron chi connectivity index (χ3n) is 3.59. The van der Waals surface area contributed by atoms with Gasteiger partial charge >= 0.3 is 0 Å². The van der Waals surface area contributed by atoms with Crippen LogP contribution < -0.4 is 4.72 Å². The zero-order valence-corrected chi connectivity index (χ0v) is 13.5. The molecule has 4 nitrogen and oxygen atoms in total. The maximum absolute atomic E-state index is 12.3. The number of hydrogen-bond acceptors (Lipinski definition) is 2. The lowest BCUT2D eigenvalue weighted by atomic mass is 10.1. The molecule has 3 rings (SSSR count). The molecule has 0 bridgehead atoms. The second kappa shape index (κ2) is 5.76. The van der Waals surface area contributed by atoms with Crippen LogP contribution in [0.5, 0.6) is 0 Å². The van der Waals surface area contributed by atoms with Gasteiger partial charge in [0.05, 0.1) is 4.90 Å². The summed E-state index contributed by atoms with van der Waals surface area (Å²) < 4.78 is 27.3. The van der Waals surface area contributed by atoms with Gasteiger partial charge in [0.25, 0.3) is 0 Å². The fourth-order valence-electron chi connectivity index (χ4n) is 2.43. The maximum atomic E-state index is 12.3. The van der Waals surface area contributed by atoms with E-state index >= 15 is 0 Å². The van der Waals surface area contributed by atoms with Crippen molar-refractivity contribution >= 4 is 32.5 Å². The van der Waals surface area contributed by atoms with Gasteiger partial charge in [0.15, 0.2) is 0 Å². The molecule has 0 amide bonds. The van der Waals surface area contributed by atoms with E-state index in [4.69, 9.17) is 11.6 Å². The van der Waals surface area contributed by atoms with Gasteiger partial charge in [-0.25, -0.2) is 13.1 Å². The minimum Gasteiger partial charge on any atom is -0.358 e. The number of halogens is 1. The Morgan fingerprint density at radius 3 is 2.50 bits per heavy atom. The van der Waals surface area contributed by atoms with E-state index in [0.717, 1.165) is 22.2 Å². The average molecular weight is 335 g/mol. The molecule has 2 N–H and O–H groups in total. The maximum Gasteiger partial charge on any atom is 0.240 e. The Kier molecular flexibility index (Phi) is 3.95. The summed E-state index contributed by atoms with van der Waals surface area (Å²) in [5, 5.41) is 1.53. The van der Waals surface area contributed by atoms with E-state index in [1.54, 1.807) is 12.1 Å². The Labute approximate surface area is 134 Å². The Balaban J connectivity index is 1.87. The summed E-state index contributed by atoms with van der Waals surface area (Å²) in [7, 11) is -3.56. The predicted molar refractivity (Wildman–Crippen MR) is 88.5 cm³/mol. The van der Waals surface area contributed by atoms with Crippen molar-refractivity contribution in [1.29, 1.82) is 0 Å². The zero-order chi connectivity index (χ0) is 15.7. The lowest BCUT2D eigenvalue weighted by molar-refractivity contribution is 0.581. The number of fused-ring (bicyclic) bond motifs is 1. The first-order chi connectivity index (χ1) is 10.5. The second-order valence-electron chi connectivity index (χ2n) is 5.05. The lowest BCUT2D eigenvalue weighted by Gasteiger charge is -2.07. The van der Waals surface area contributed by atoms with Crippen molar-refractivity contribution in [2.24, 2.45) is 0 Å². The highest BCUT2D eigenvalue weighted by Gasteiger charge is 2.15. The van der Waals surface area contributed by atoms with Crippen LogP contribution in [0.4, 0.5) is 0 Å². The number of aromatic nitrogens is 1. The molecule has 0 aliphatic heterocycles. The monoisotopic (exact) mass is 334 g/mol. The molecule has 6 heteroatoms. The Bertz CT molecular complexity index is 915. The number of aryl methyl sites for hydroxylation is 1. The van der Waals surface area contributed by atoms with Gasteiger partial charge in [0, 0.05) is 28.2 Å². The molecule has 2 aromatic carbocycles. The normalized spacial score (nSPS) is 11.9. The smallest absolute Gasteiger partial charge is 0.240 e. The van der Waals surface area contributed by atoms with Crippen LogP contribution >= 0.6 is 11.6 Å². The molecule has 0 fully saturated rings. The SMILES string of the molecule is Cc1[nH]c2ccccc2c1CNS(=O)(=O)c1ccc(Cl)cc1. The molecule has 0 radical (unpaired) electrons. The number of sulfonamides is 1. The van der Waals surface area contributed by atoms with Crippen LogP contribution in [0.1, 0.15) is 11.3 Å². The summed E-state index contributed by atoms with van der Waals surface area (Å²) in [5.74, 6) is 0. The van der Waals surface area contributed by atoms with Gasteiger partial charge < -0.3 is 4.98 Å². The number of H-pyrrole nitrogens is 1. The van der Waals surface area contributed by atoms with Gasteiger partial charge in [0.2, 0.25) is 10.0 Å². The molecule has 0 saturated carbocycles. The van der Waals surface area contributed by atoms with Crippen LogP contribution in [0.25, 0.3) is 10.9 Å². The minimum atomic E-state index is -3.56. The van der Waals surface area contributed by atoms with Crippen molar-refractivity contribution in [2.45, 2.75) is 18.4 Å². The van der Waals surface area contributed by atoms with Crippen LogP contribution in [0, 0.1) is 6.92 Å². The van der Waals surface area contributed by atoms with E-state index in [1.807, 2.05) is 31.2 Å². The average Bonchev–Trinajstić information content (AvgIpc) is 2.81. The lowest BCUT2D eigenvalue weighted by Crippen LogP contribution is -2.23. The van der Waals surface area contributed by atoms with Crippen molar-refractivity contribution in [3.05, 3.63) is 64.8 Å². The van der Waals surface area contributed by atoms with Gasteiger partial charge in [-0.2, -0.15) is 0 Å². The van der Waals surface area contributed by atoms with Gasteiger partial charge in [-0.3, -0.25) is 0 Å². The summed E-state index contributed by atoms with van der Waals surface area (Å²) in [5.41, 5.74) is 2.91. The van der Waals surface area contributed by atoms with Gasteiger partial charge in [-0.15, -0.1) is 0 Å². The van der Waals surface area contributed by atoms with Crippen molar-refractivity contribution in [3.63, 3.8) is 0 Å².